The lowest BCUT2D eigenvalue weighted by Gasteiger charge is -2.33. The molecule has 0 spiro atoms. The summed E-state index contributed by atoms with van der Waals surface area (Å²) in [6.45, 7) is 4.36. The Bertz CT molecular complexity index is 535. The van der Waals surface area contributed by atoms with Gasteiger partial charge in [-0.3, -0.25) is 9.59 Å². The molecule has 0 bridgehead atoms. The number of aromatic nitrogens is 1. The Morgan fingerprint density at radius 2 is 1.96 bits per heavy atom. The van der Waals surface area contributed by atoms with Crippen molar-refractivity contribution in [2.45, 2.75) is 12.8 Å². The second kappa shape index (κ2) is 7.41. The van der Waals surface area contributed by atoms with Crippen molar-refractivity contribution in [1.82, 2.24) is 9.88 Å². The van der Waals surface area contributed by atoms with Gasteiger partial charge in [-0.05, 0) is 25.0 Å². The van der Waals surface area contributed by atoms with Crippen molar-refractivity contribution in [2.24, 2.45) is 5.92 Å². The van der Waals surface area contributed by atoms with Crippen molar-refractivity contribution in [3.63, 3.8) is 0 Å². The van der Waals surface area contributed by atoms with Gasteiger partial charge in [0.25, 0.3) is 0 Å². The van der Waals surface area contributed by atoms with Gasteiger partial charge in [0.2, 0.25) is 12.3 Å². The summed E-state index contributed by atoms with van der Waals surface area (Å²) in [5, 5.41) is 2.88. The highest BCUT2D eigenvalue weighted by atomic mass is 16.5. The third-order valence-electron chi connectivity index (χ3n) is 4.42. The third kappa shape index (κ3) is 3.98. The van der Waals surface area contributed by atoms with E-state index in [0.29, 0.717) is 19.0 Å². The summed E-state index contributed by atoms with van der Waals surface area (Å²) in [6, 6.07) is 3.79. The smallest absolute Gasteiger partial charge is 0.228 e. The van der Waals surface area contributed by atoms with Crippen LogP contribution in [0.25, 0.3) is 0 Å². The minimum absolute atomic E-state index is 0.0154. The fraction of sp³-hybridized carbons (Fsp3) is 0.562. The quantitative estimate of drug-likeness (QED) is 0.828. The molecule has 0 atom stereocenters. The highest BCUT2D eigenvalue weighted by Crippen LogP contribution is 2.19. The van der Waals surface area contributed by atoms with Crippen molar-refractivity contribution in [2.75, 3.05) is 49.6 Å². The van der Waals surface area contributed by atoms with Gasteiger partial charge < -0.3 is 19.9 Å². The molecule has 3 rings (SSSR count). The van der Waals surface area contributed by atoms with Crippen LogP contribution in [-0.4, -0.2) is 61.6 Å². The number of hydrogen-bond acceptors (Lipinski definition) is 5. The average Bonchev–Trinajstić information content (AvgIpc) is 2.63. The van der Waals surface area contributed by atoms with Crippen LogP contribution < -0.4 is 10.2 Å². The van der Waals surface area contributed by atoms with Gasteiger partial charge in [-0.2, -0.15) is 0 Å². The maximum Gasteiger partial charge on any atom is 0.228 e. The van der Waals surface area contributed by atoms with E-state index < -0.39 is 0 Å². The molecule has 7 heteroatoms. The zero-order valence-electron chi connectivity index (χ0n) is 13.1. The van der Waals surface area contributed by atoms with Gasteiger partial charge in [0, 0.05) is 45.3 Å². The predicted octanol–water partition coefficient (Wildman–Crippen LogP) is 0.725. The fourth-order valence-electron chi connectivity index (χ4n) is 2.92. The lowest BCUT2D eigenvalue weighted by molar-refractivity contribution is -0.122. The van der Waals surface area contributed by atoms with E-state index in [4.69, 9.17) is 4.74 Å². The lowest BCUT2D eigenvalue weighted by atomic mass is 9.99. The van der Waals surface area contributed by atoms with Crippen molar-refractivity contribution >= 4 is 23.8 Å². The molecule has 1 N–H and O–H groups in total. The average molecular weight is 318 g/mol. The Morgan fingerprint density at radius 1 is 1.22 bits per heavy atom. The predicted molar refractivity (Wildman–Crippen MR) is 86.3 cm³/mol. The topological polar surface area (TPSA) is 74.8 Å². The molecule has 0 aromatic carbocycles. The van der Waals surface area contributed by atoms with Gasteiger partial charge in [0.15, 0.2) is 0 Å². The summed E-state index contributed by atoms with van der Waals surface area (Å²) < 4.78 is 5.27. The normalized spacial score (nSPS) is 19.5. The van der Waals surface area contributed by atoms with Crippen LogP contribution in [0.4, 0.5) is 11.5 Å². The monoisotopic (exact) mass is 318 g/mol. The first-order valence-electron chi connectivity index (χ1n) is 8.05. The first kappa shape index (κ1) is 15.7. The second-order valence-corrected chi connectivity index (χ2v) is 5.91. The van der Waals surface area contributed by atoms with E-state index in [0.717, 1.165) is 51.1 Å². The molecule has 0 aliphatic carbocycles. The zero-order valence-corrected chi connectivity index (χ0v) is 13.1. The molecule has 3 heterocycles. The summed E-state index contributed by atoms with van der Waals surface area (Å²) in [7, 11) is 0. The van der Waals surface area contributed by atoms with Crippen LogP contribution in [0.15, 0.2) is 18.3 Å². The van der Waals surface area contributed by atoms with Gasteiger partial charge in [-0.25, -0.2) is 4.98 Å². The summed E-state index contributed by atoms with van der Waals surface area (Å²) >= 11 is 0. The highest BCUT2D eigenvalue weighted by Gasteiger charge is 2.22. The molecule has 2 aliphatic rings. The number of anilines is 2. The van der Waals surface area contributed by atoms with E-state index in [1.807, 2.05) is 12.1 Å². The fourth-order valence-corrected chi connectivity index (χ4v) is 2.92. The molecule has 1 aromatic rings. The number of carbonyl (C=O) groups is 2. The Kier molecular flexibility index (Phi) is 5.07. The van der Waals surface area contributed by atoms with Crippen molar-refractivity contribution < 1.29 is 14.3 Å². The Hall–Kier alpha value is -2.15. The summed E-state index contributed by atoms with van der Waals surface area (Å²) in [5.41, 5.74) is 1.01. The molecule has 2 saturated heterocycles. The van der Waals surface area contributed by atoms with Crippen LogP contribution in [0.5, 0.6) is 0 Å². The Balaban J connectivity index is 1.54. The van der Waals surface area contributed by atoms with Crippen LogP contribution >= 0.6 is 0 Å². The summed E-state index contributed by atoms with van der Waals surface area (Å²) in [6.07, 6.45) is 4.20. The first-order valence-corrected chi connectivity index (χ1v) is 8.05. The number of nitrogens with zero attached hydrogens (tertiary/aromatic N) is 3. The molecule has 124 valence electrons. The highest BCUT2D eigenvalue weighted by molar-refractivity contribution is 5.91. The molecule has 2 aliphatic heterocycles. The lowest BCUT2D eigenvalue weighted by Crippen LogP contribution is -2.45. The van der Waals surface area contributed by atoms with E-state index in [-0.39, 0.29) is 11.8 Å². The molecule has 23 heavy (non-hydrogen) atoms. The summed E-state index contributed by atoms with van der Waals surface area (Å²) in [4.78, 5) is 31.2. The molecule has 1 aromatic heterocycles. The number of carbonyl (C=O) groups excluding carboxylic acids is 2. The number of hydrogen-bond donors (Lipinski definition) is 1. The van der Waals surface area contributed by atoms with E-state index in [1.54, 1.807) is 11.1 Å². The van der Waals surface area contributed by atoms with Crippen LogP contribution in [0.3, 0.4) is 0 Å². The molecule has 0 radical (unpaired) electrons. The van der Waals surface area contributed by atoms with E-state index in [1.165, 1.54) is 0 Å². The minimum Gasteiger partial charge on any atom is -0.381 e. The first-order chi connectivity index (χ1) is 11.3. The number of piperazine rings is 1. The molecular weight excluding hydrogens is 296 g/mol. The van der Waals surface area contributed by atoms with E-state index >= 15 is 0 Å². The maximum atomic E-state index is 12.2. The standard InChI is InChI=1S/C16H22N4O3/c21-12-19-5-7-20(8-6-19)14-1-2-15(17-11-14)18-16(22)13-3-9-23-10-4-13/h1-2,11-13H,3-10H2,(H,17,18,22). The molecular formula is C16H22N4O3. The van der Waals surface area contributed by atoms with Gasteiger partial charge in [-0.15, -0.1) is 0 Å². The minimum atomic E-state index is 0.0154. The van der Waals surface area contributed by atoms with Crippen LogP contribution in [0, 0.1) is 5.92 Å². The largest absolute Gasteiger partial charge is 0.381 e. The SMILES string of the molecule is O=CN1CCN(c2ccc(NC(=O)C3CCOCC3)nc2)CC1. The second-order valence-electron chi connectivity index (χ2n) is 5.91. The molecule has 0 saturated carbocycles. The Labute approximate surface area is 135 Å². The van der Waals surface area contributed by atoms with Crippen molar-refractivity contribution in [1.29, 1.82) is 0 Å². The van der Waals surface area contributed by atoms with Crippen LogP contribution in [0.2, 0.25) is 0 Å². The summed E-state index contributed by atoms with van der Waals surface area (Å²) in [5.74, 6) is 0.617. The molecule has 0 unspecified atom stereocenters. The van der Waals surface area contributed by atoms with Crippen molar-refractivity contribution in [3.05, 3.63) is 18.3 Å². The van der Waals surface area contributed by atoms with Crippen LogP contribution in [0.1, 0.15) is 12.8 Å². The molecule has 7 nitrogen and oxygen atoms in total. The number of pyridine rings is 1. The number of ether oxygens (including phenoxy) is 1. The van der Waals surface area contributed by atoms with Crippen molar-refractivity contribution in [3.8, 4) is 0 Å². The van der Waals surface area contributed by atoms with Gasteiger partial charge in [0.1, 0.15) is 5.82 Å². The number of nitrogens with one attached hydrogen (secondary N) is 1. The number of amides is 2. The number of rotatable bonds is 4. The Morgan fingerprint density at radius 3 is 2.57 bits per heavy atom. The molecule has 2 fully saturated rings. The van der Waals surface area contributed by atoms with Gasteiger partial charge >= 0.3 is 0 Å². The van der Waals surface area contributed by atoms with Crippen LogP contribution in [-0.2, 0) is 14.3 Å². The van der Waals surface area contributed by atoms with Gasteiger partial charge in [0.05, 0.1) is 11.9 Å². The van der Waals surface area contributed by atoms with E-state index in [9.17, 15) is 9.59 Å². The zero-order chi connectivity index (χ0) is 16.1. The maximum absolute atomic E-state index is 12.2. The molecule has 2 amide bonds. The van der Waals surface area contributed by atoms with Gasteiger partial charge in [-0.1, -0.05) is 0 Å². The third-order valence-corrected chi connectivity index (χ3v) is 4.42. The van der Waals surface area contributed by atoms with E-state index in [2.05, 4.69) is 15.2 Å².